The smallest absolute Gasteiger partial charge is 0.133 e. The molecule has 0 aromatic heterocycles. The predicted molar refractivity (Wildman–Crippen MR) is 38.5 cm³/mol. The molecule has 2 fully saturated rings. The first-order valence-corrected chi connectivity index (χ1v) is 4.61. The second-order valence-corrected chi connectivity index (χ2v) is 4.08. The van der Waals surface area contributed by atoms with Crippen LogP contribution in [-0.4, -0.2) is 17.3 Å². The Morgan fingerprint density at radius 3 is 2.33 bits per heavy atom. The third-order valence-corrected chi connectivity index (χ3v) is 3.64. The molecule has 2 unspecified atom stereocenters. The number of thioether (sulfide) groups is 1. The molecule has 0 radical (unpaired) electrons. The maximum Gasteiger partial charge on any atom is 0.133 e. The van der Waals surface area contributed by atoms with E-state index in [1.165, 1.54) is 11.5 Å². The largest absolute Gasteiger partial charge is 0.300 e. The number of ketones is 1. The zero-order valence-corrected chi connectivity index (χ0v) is 6.12. The standard InChI is InChI=1S/C7H10OS/c8-7-1-5-3-9-4-6(5)2-7/h5-6H,1-4H2. The Labute approximate surface area is 59.2 Å². The number of carbonyl (C=O) groups is 1. The number of fused-ring (bicyclic) bond motifs is 1. The van der Waals surface area contributed by atoms with Crippen molar-refractivity contribution < 1.29 is 4.79 Å². The minimum absolute atomic E-state index is 0.505. The van der Waals surface area contributed by atoms with Crippen molar-refractivity contribution in [2.75, 3.05) is 11.5 Å². The van der Waals surface area contributed by atoms with Crippen molar-refractivity contribution in [1.82, 2.24) is 0 Å². The maximum absolute atomic E-state index is 10.8. The zero-order valence-electron chi connectivity index (χ0n) is 5.30. The van der Waals surface area contributed by atoms with Gasteiger partial charge in [0, 0.05) is 12.8 Å². The Bertz CT molecular complexity index is 130. The lowest BCUT2D eigenvalue weighted by atomic mass is 10.0. The van der Waals surface area contributed by atoms with Crippen LogP contribution in [0.4, 0.5) is 0 Å². The Balaban J connectivity index is 2.09. The molecule has 0 N–H and O–H groups in total. The van der Waals surface area contributed by atoms with Crippen LogP contribution in [0.25, 0.3) is 0 Å². The topological polar surface area (TPSA) is 17.1 Å². The molecule has 2 heteroatoms. The molecule has 0 spiro atoms. The highest BCUT2D eigenvalue weighted by Gasteiger charge is 2.36. The maximum atomic E-state index is 10.8. The molecule has 0 aromatic carbocycles. The number of hydrogen-bond acceptors (Lipinski definition) is 2. The summed E-state index contributed by atoms with van der Waals surface area (Å²) in [5.74, 6) is 4.53. The lowest BCUT2D eigenvalue weighted by Crippen LogP contribution is -2.01. The van der Waals surface area contributed by atoms with Gasteiger partial charge in [-0.15, -0.1) is 0 Å². The molecule has 2 atom stereocenters. The van der Waals surface area contributed by atoms with Crippen LogP contribution in [0.2, 0.25) is 0 Å². The van der Waals surface area contributed by atoms with Gasteiger partial charge >= 0.3 is 0 Å². The van der Waals surface area contributed by atoms with Crippen LogP contribution >= 0.6 is 11.8 Å². The fourth-order valence-electron chi connectivity index (χ4n) is 1.76. The summed E-state index contributed by atoms with van der Waals surface area (Å²) in [4.78, 5) is 10.8. The van der Waals surface area contributed by atoms with E-state index in [0.717, 1.165) is 24.7 Å². The molecule has 1 aliphatic carbocycles. The van der Waals surface area contributed by atoms with Gasteiger partial charge in [-0.25, -0.2) is 0 Å². The highest BCUT2D eigenvalue weighted by Crippen LogP contribution is 2.39. The third kappa shape index (κ3) is 0.895. The van der Waals surface area contributed by atoms with E-state index in [1.807, 2.05) is 11.8 Å². The van der Waals surface area contributed by atoms with Gasteiger partial charge in [-0.05, 0) is 23.3 Å². The predicted octanol–water partition coefficient (Wildman–Crippen LogP) is 1.33. The van der Waals surface area contributed by atoms with Crippen LogP contribution in [0.5, 0.6) is 0 Å². The van der Waals surface area contributed by atoms with Crippen molar-refractivity contribution in [2.45, 2.75) is 12.8 Å². The molecule has 1 aliphatic heterocycles. The van der Waals surface area contributed by atoms with Gasteiger partial charge in [0.2, 0.25) is 0 Å². The van der Waals surface area contributed by atoms with Gasteiger partial charge in [0.25, 0.3) is 0 Å². The summed E-state index contributed by atoms with van der Waals surface area (Å²) in [6.07, 6.45) is 1.77. The summed E-state index contributed by atoms with van der Waals surface area (Å²) in [5.41, 5.74) is 0. The molecule has 50 valence electrons. The molecular formula is C7H10OS. The van der Waals surface area contributed by atoms with E-state index in [2.05, 4.69) is 0 Å². The molecule has 1 saturated carbocycles. The van der Waals surface area contributed by atoms with Crippen LogP contribution in [0.15, 0.2) is 0 Å². The van der Waals surface area contributed by atoms with Crippen LogP contribution in [-0.2, 0) is 4.79 Å². The molecule has 2 aliphatic rings. The normalized spacial score (nSPS) is 41.6. The Morgan fingerprint density at radius 2 is 1.78 bits per heavy atom. The summed E-state index contributed by atoms with van der Waals surface area (Å²) in [7, 11) is 0. The minimum atomic E-state index is 0.505. The van der Waals surface area contributed by atoms with Crippen LogP contribution in [0.1, 0.15) is 12.8 Å². The first-order valence-electron chi connectivity index (χ1n) is 3.45. The first kappa shape index (κ1) is 5.78. The monoisotopic (exact) mass is 142 g/mol. The second-order valence-electron chi connectivity index (χ2n) is 3.00. The lowest BCUT2D eigenvalue weighted by molar-refractivity contribution is -0.117. The molecule has 0 bridgehead atoms. The van der Waals surface area contributed by atoms with Crippen LogP contribution < -0.4 is 0 Å². The average Bonchev–Trinajstić information content (AvgIpc) is 2.22. The number of rotatable bonds is 0. The van der Waals surface area contributed by atoms with Crippen molar-refractivity contribution in [3.05, 3.63) is 0 Å². The van der Waals surface area contributed by atoms with E-state index in [9.17, 15) is 4.79 Å². The van der Waals surface area contributed by atoms with E-state index < -0.39 is 0 Å². The van der Waals surface area contributed by atoms with Crippen molar-refractivity contribution in [1.29, 1.82) is 0 Å². The van der Waals surface area contributed by atoms with Gasteiger partial charge in [-0.3, -0.25) is 4.79 Å². The fourth-order valence-corrected chi connectivity index (χ4v) is 3.28. The van der Waals surface area contributed by atoms with Crippen molar-refractivity contribution in [2.24, 2.45) is 11.8 Å². The van der Waals surface area contributed by atoms with Crippen LogP contribution in [0.3, 0.4) is 0 Å². The molecular weight excluding hydrogens is 132 g/mol. The van der Waals surface area contributed by atoms with Crippen LogP contribution in [0, 0.1) is 11.8 Å². The fraction of sp³-hybridized carbons (Fsp3) is 0.857. The van der Waals surface area contributed by atoms with E-state index in [1.54, 1.807) is 0 Å². The molecule has 9 heavy (non-hydrogen) atoms. The van der Waals surface area contributed by atoms with E-state index in [4.69, 9.17) is 0 Å². The van der Waals surface area contributed by atoms with Gasteiger partial charge in [-0.2, -0.15) is 11.8 Å². The third-order valence-electron chi connectivity index (χ3n) is 2.31. The quantitative estimate of drug-likeness (QED) is 0.507. The SMILES string of the molecule is O=C1CC2CSCC2C1. The van der Waals surface area contributed by atoms with E-state index in [-0.39, 0.29) is 0 Å². The van der Waals surface area contributed by atoms with E-state index in [0.29, 0.717) is 5.78 Å². The molecule has 1 heterocycles. The molecule has 0 amide bonds. The Hall–Kier alpha value is 0.0200. The summed E-state index contributed by atoms with van der Waals surface area (Å²) >= 11 is 2.02. The van der Waals surface area contributed by atoms with Gasteiger partial charge in [0.15, 0.2) is 0 Å². The van der Waals surface area contributed by atoms with Crippen molar-refractivity contribution in [3.63, 3.8) is 0 Å². The molecule has 1 saturated heterocycles. The summed E-state index contributed by atoms with van der Waals surface area (Å²) < 4.78 is 0. The summed E-state index contributed by atoms with van der Waals surface area (Å²) in [6.45, 7) is 0. The molecule has 0 aromatic rings. The zero-order chi connectivity index (χ0) is 6.27. The van der Waals surface area contributed by atoms with Crippen molar-refractivity contribution >= 4 is 17.5 Å². The van der Waals surface area contributed by atoms with Gasteiger partial charge in [-0.1, -0.05) is 0 Å². The summed E-state index contributed by atoms with van der Waals surface area (Å²) in [5, 5.41) is 0. The van der Waals surface area contributed by atoms with E-state index >= 15 is 0 Å². The Kier molecular flexibility index (Phi) is 1.29. The second kappa shape index (κ2) is 2.01. The number of Topliss-reactive ketones (excluding diaryl/α,β-unsaturated/α-hetero) is 1. The summed E-state index contributed by atoms with van der Waals surface area (Å²) in [6, 6.07) is 0. The number of hydrogen-bond donors (Lipinski definition) is 0. The first-order chi connectivity index (χ1) is 4.36. The molecule has 2 rings (SSSR count). The highest BCUT2D eigenvalue weighted by atomic mass is 32.2. The average molecular weight is 142 g/mol. The highest BCUT2D eigenvalue weighted by molar-refractivity contribution is 7.99. The van der Waals surface area contributed by atoms with Gasteiger partial charge in [0.1, 0.15) is 5.78 Å². The number of carbonyl (C=O) groups excluding carboxylic acids is 1. The van der Waals surface area contributed by atoms with Crippen molar-refractivity contribution in [3.8, 4) is 0 Å². The Morgan fingerprint density at radius 1 is 1.22 bits per heavy atom. The molecule has 1 nitrogen and oxygen atoms in total. The minimum Gasteiger partial charge on any atom is -0.300 e. The van der Waals surface area contributed by atoms with Gasteiger partial charge in [0.05, 0.1) is 0 Å². The van der Waals surface area contributed by atoms with Gasteiger partial charge < -0.3 is 0 Å². The lowest BCUT2D eigenvalue weighted by Gasteiger charge is -2.01.